The number of amides is 2. The Hall–Kier alpha value is -2.45. The van der Waals surface area contributed by atoms with Crippen molar-refractivity contribution in [3.05, 3.63) is 68.6 Å². The van der Waals surface area contributed by atoms with Crippen molar-refractivity contribution in [3.63, 3.8) is 0 Å². The van der Waals surface area contributed by atoms with Crippen LogP contribution in [-0.2, 0) is 16.2 Å². The van der Waals surface area contributed by atoms with E-state index in [-0.39, 0.29) is 35.5 Å². The van der Waals surface area contributed by atoms with Crippen LogP contribution in [0, 0.1) is 23.7 Å². The first kappa shape index (κ1) is 21.4. The zero-order valence-electron chi connectivity index (χ0n) is 17.2. The molecule has 1 saturated carbocycles. The number of hydrogen-bond donors (Lipinski definition) is 0. The van der Waals surface area contributed by atoms with Gasteiger partial charge < -0.3 is 9.47 Å². The number of hydrazone groups is 1. The van der Waals surface area contributed by atoms with Gasteiger partial charge in [-0.2, -0.15) is 10.1 Å². The predicted molar refractivity (Wildman–Crippen MR) is 126 cm³/mol. The van der Waals surface area contributed by atoms with Crippen LogP contribution in [0.2, 0.25) is 0 Å². The first-order valence-corrected chi connectivity index (χ1v) is 11.9. The maximum Gasteiger partial charge on any atom is 0.254 e. The average molecular weight is 560 g/mol. The van der Waals surface area contributed by atoms with Gasteiger partial charge >= 0.3 is 0 Å². The minimum Gasteiger partial charge on any atom is -0.493 e. The molecule has 32 heavy (non-hydrogen) atoms. The number of rotatable bonds is 6. The molecule has 5 rings (SSSR count). The lowest BCUT2D eigenvalue weighted by molar-refractivity contribution is -0.140. The number of methoxy groups -OCH3 is 1. The molecule has 164 valence electrons. The molecular weight excluding hydrogens is 540 g/mol. The first-order valence-electron chi connectivity index (χ1n) is 10.3. The number of halogens is 2. The van der Waals surface area contributed by atoms with Gasteiger partial charge in [0.15, 0.2) is 11.5 Å². The van der Waals surface area contributed by atoms with Gasteiger partial charge in [0.25, 0.3) is 11.8 Å². The SMILES string of the molecule is COc1cc(C=NN2C(=O)[C@@H]3[C@H](C2=O)[C@H]2C=C[C@H]3C2)ccc1OCc1ccc(Br)cc1Br. The van der Waals surface area contributed by atoms with Crippen LogP contribution in [0.15, 0.2) is 62.6 Å². The van der Waals surface area contributed by atoms with Crippen LogP contribution in [0.4, 0.5) is 0 Å². The number of ether oxygens (including phenoxy) is 2. The summed E-state index contributed by atoms with van der Waals surface area (Å²) in [4.78, 5) is 25.5. The van der Waals surface area contributed by atoms with E-state index in [1.165, 1.54) is 6.21 Å². The minimum absolute atomic E-state index is 0.170. The molecule has 2 aromatic carbocycles. The van der Waals surface area contributed by atoms with Gasteiger partial charge in [-0.15, -0.1) is 0 Å². The molecule has 1 saturated heterocycles. The zero-order chi connectivity index (χ0) is 22.4. The number of carbonyl (C=O) groups is 2. The van der Waals surface area contributed by atoms with Gasteiger partial charge in [-0.05, 0) is 54.2 Å². The summed E-state index contributed by atoms with van der Waals surface area (Å²) < 4.78 is 13.3. The molecule has 0 N–H and O–H groups in total. The van der Waals surface area contributed by atoms with Crippen molar-refractivity contribution in [2.75, 3.05) is 7.11 Å². The monoisotopic (exact) mass is 558 g/mol. The van der Waals surface area contributed by atoms with Crippen molar-refractivity contribution in [1.29, 1.82) is 0 Å². The lowest BCUT2D eigenvalue weighted by atomic mass is 9.85. The topological polar surface area (TPSA) is 68.2 Å². The van der Waals surface area contributed by atoms with Crippen LogP contribution in [0.25, 0.3) is 0 Å². The Morgan fingerprint density at radius 2 is 1.75 bits per heavy atom. The quantitative estimate of drug-likeness (QED) is 0.285. The van der Waals surface area contributed by atoms with E-state index in [4.69, 9.17) is 9.47 Å². The van der Waals surface area contributed by atoms with Gasteiger partial charge in [0.05, 0.1) is 25.2 Å². The Morgan fingerprint density at radius 3 is 2.41 bits per heavy atom. The highest BCUT2D eigenvalue weighted by molar-refractivity contribution is 9.11. The lowest BCUT2D eigenvalue weighted by Gasteiger charge is -2.13. The third kappa shape index (κ3) is 3.69. The molecule has 4 atom stereocenters. The van der Waals surface area contributed by atoms with Crippen molar-refractivity contribution in [2.45, 2.75) is 13.0 Å². The van der Waals surface area contributed by atoms with Crippen LogP contribution in [0.5, 0.6) is 11.5 Å². The number of allylic oxidation sites excluding steroid dienone is 2. The summed E-state index contributed by atoms with van der Waals surface area (Å²) in [6.07, 6.45) is 6.56. The van der Waals surface area contributed by atoms with Gasteiger partial charge in [-0.3, -0.25) is 9.59 Å². The fraction of sp³-hybridized carbons (Fsp3) is 0.292. The zero-order valence-corrected chi connectivity index (χ0v) is 20.4. The van der Waals surface area contributed by atoms with E-state index in [0.29, 0.717) is 23.7 Å². The Kier molecular flexibility index (Phi) is 5.67. The van der Waals surface area contributed by atoms with Gasteiger partial charge in [-0.25, -0.2) is 0 Å². The summed E-state index contributed by atoms with van der Waals surface area (Å²) in [5, 5.41) is 5.27. The third-order valence-electron chi connectivity index (χ3n) is 6.36. The molecule has 8 heteroatoms. The number of hydrogen-bond acceptors (Lipinski definition) is 5. The van der Waals surface area contributed by atoms with E-state index in [1.54, 1.807) is 19.2 Å². The van der Waals surface area contributed by atoms with Crippen molar-refractivity contribution in [1.82, 2.24) is 5.01 Å². The van der Waals surface area contributed by atoms with E-state index in [2.05, 4.69) is 49.1 Å². The molecule has 3 aliphatic rings. The third-order valence-corrected chi connectivity index (χ3v) is 7.59. The first-order chi connectivity index (χ1) is 15.5. The Balaban J connectivity index is 1.29. The Morgan fingerprint density at radius 1 is 1.03 bits per heavy atom. The highest BCUT2D eigenvalue weighted by Crippen LogP contribution is 2.52. The number of benzene rings is 2. The number of imide groups is 1. The van der Waals surface area contributed by atoms with Crippen LogP contribution >= 0.6 is 31.9 Å². The molecule has 6 nitrogen and oxygen atoms in total. The minimum atomic E-state index is -0.252. The van der Waals surface area contributed by atoms with Gasteiger partial charge in [0, 0.05) is 14.5 Å². The summed E-state index contributed by atoms with van der Waals surface area (Å²) in [5.74, 6) is 0.578. The van der Waals surface area contributed by atoms with Crippen molar-refractivity contribution >= 4 is 49.9 Å². The smallest absolute Gasteiger partial charge is 0.254 e. The largest absolute Gasteiger partial charge is 0.493 e. The molecule has 0 radical (unpaired) electrons. The molecule has 2 aliphatic carbocycles. The number of nitrogens with zero attached hydrogens (tertiary/aromatic N) is 2. The van der Waals surface area contributed by atoms with Crippen LogP contribution in [-0.4, -0.2) is 30.1 Å². The van der Waals surface area contributed by atoms with E-state index < -0.39 is 0 Å². The van der Waals surface area contributed by atoms with E-state index in [0.717, 1.165) is 25.9 Å². The molecule has 2 bridgehead atoms. The normalized spacial score (nSPS) is 25.8. The van der Waals surface area contributed by atoms with Crippen molar-refractivity contribution < 1.29 is 19.1 Å². The van der Waals surface area contributed by atoms with Crippen LogP contribution < -0.4 is 9.47 Å². The standard InChI is InChI=1S/C24H20Br2N2O4/c1-31-20-8-13(2-7-19(20)32-12-16-5-6-17(25)10-18(16)26)11-27-28-23(29)21-14-3-4-15(9-14)22(21)24(28)30/h2-8,10-11,14-15,21-22H,9,12H2,1H3/t14-,15-,21-,22+/m0/s1. The average Bonchev–Trinajstić information content (AvgIpc) is 3.46. The molecule has 1 aliphatic heterocycles. The number of carbonyl (C=O) groups excluding carboxylic acids is 2. The Labute approximate surface area is 202 Å². The van der Waals surface area contributed by atoms with Crippen LogP contribution in [0.3, 0.4) is 0 Å². The highest BCUT2D eigenvalue weighted by Gasteiger charge is 2.59. The van der Waals surface area contributed by atoms with Crippen molar-refractivity contribution in [2.24, 2.45) is 28.8 Å². The summed E-state index contributed by atoms with van der Waals surface area (Å²) in [5.41, 5.74) is 1.71. The fourth-order valence-corrected chi connectivity index (χ4v) is 5.96. The second kappa shape index (κ2) is 8.48. The molecular formula is C24H20Br2N2O4. The van der Waals surface area contributed by atoms with Gasteiger partial charge in [-0.1, -0.05) is 50.1 Å². The number of fused-ring (bicyclic) bond motifs is 5. The summed E-state index contributed by atoms with van der Waals surface area (Å²) >= 11 is 6.98. The maximum atomic E-state index is 12.8. The van der Waals surface area contributed by atoms with E-state index in [9.17, 15) is 9.59 Å². The summed E-state index contributed by atoms with van der Waals surface area (Å²) in [7, 11) is 1.57. The molecule has 2 aromatic rings. The molecule has 2 fully saturated rings. The van der Waals surface area contributed by atoms with Crippen molar-refractivity contribution in [3.8, 4) is 11.5 Å². The lowest BCUT2D eigenvalue weighted by Crippen LogP contribution is -2.28. The predicted octanol–water partition coefficient (Wildman–Crippen LogP) is 4.94. The fourth-order valence-electron chi connectivity index (χ4n) is 4.80. The molecule has 0 unspecified atom stereocenters. The van der Waals surface area contributed by atoms with E-state index >= 15 is 0 Å². The van der Waals surface area contributed by atoms with Gasteiger partial charge in [0.2, 0.25) is 0 Å². The maximum absolute atomic E-state index is 12.8. The van der Waals surface area contributed by atoms with Crippen LogP contribution in [0.1, 0.15) is 17.5 Å². The van der Waals surface area contributed by atoms with Gasteiger partial charge in [0.1, 0.15) is 6.61 Å². The molecule has 0 spiro atoms. The summed E-state index contributed by atoms with van der Waals surface area (Å²) in [6, 6.07) is 11.3. The Bertz CT molecular complexity index is 1130. The molecule has 0 aromatic heterocycles. The highest BCUT2D eigenvalue weighted by atomic mass is 79.9. The molecule has 2 amide bonds. The van der Waals surface area contributed by atoms with E-state index in [1.807, 2.05) is 24.3 Å². The molecule has 1 heterocycles. The second-order valence-electron chi connectivity index (χ2n) is 8.17. The summed E-state index contributed by atoms with van der Waals surface area (Å²) in [6.45, 7) is 0.369. The second-order valence-corrected chi connectivity index (χ2v) is 9.94.